The van der Waals surface area contributed by atoms with Gasteiger partial charge in [-0.05, 0) is 44.6 Å². The van der Waals surface area contributed by atoms with Gasteiger partial charge >= 0.3 is 6.09 Å². The Morgan fingerprint density at radius 3 is 2.36 bits per heavy atom. The fourth-order valence-electron chi connectivity index (χ4n) is 2.50. The minimum absolute atomic E-state index is 0.0181. The molecule has 1 rings (SSSR count). The molecule has 0 aliphatic heterocycles. The number of amides is 1. The van der Waals surface area contributed by atoms with E-state index in [4.69, 9.17) is 9.47 Å². The molecule has 0 aliphatic rings. The molecular formula is C20H33NO4. The predicted molar refractivity (Wildman–Crippen MR) is 99.4 cm³/mol. The molecule has 1 aromatic carbocycles. The molecule has 1 aromatic rings. The van der Waals surface area contributed by atoms with E-state index >= 15 is 0 Å². The number of carbonyl (C=O) groups excluding carboxylic acids is 1. The van der Waals surface area contributed by atoms with Crippen molar-refractivity contribution in [2.45, 2.75) is 65.8 Å². The van der Waals surface area contributed by atoms with Crippen molar-refractivity contribution >= 4 is 6.09 Å². The molecule has 5 nitrogen and oxygen atoms in total. The molecule has 0 fully saturated rings. The van der Waals surface area contributed by atoms with E-state index in [0.29, 0.717) is 19.6 Å². The highest BCUT2D eigenvalue weighted by molar-refractivity contribution is 5.67. The van der Waals surface area contributed by atoms with Crippen molar-refractivity contribution in [3.63, 3.8) is 0 Å². The normalized spacial score (nSPS) is 13.4. The fraction of sp³-hybridized carbons (Fsp3) is 0.650. The second-order valence-corrected chi connectivity index (χ2v) is 8.15. The van der Waals surface area contributed by atoms with Crippen LogP contribution in [0.2, 0.25) is 0 Å². The summed E-state index contributed by atoms with van der Waals surface area (Å²) in [5, 5.41) is 12.4. The Kier molecular flexibility index (Phi) is 8.39. The lowest BCUT2D eigenvalue weighted by Crippen LogP contribution is -2.35. The molecule has 2 N–H and O–H groups in total. The molecule has 5 heteroatoms. The summed E-state index contributed by atoms with van der Waals surface area (Å²) < 4.78 is 11.1. The number of benzene rings is 1. The number of ether oxygens (including phenoxy) is 2. The summed E-state index contributed by atoms with van der Waals surface area (Å²) in [5.74, 6) is 0. The van der Waals surface area contributed by atoms with E-state index in [9.17, 15) is 9.90 Å². The number of alkyl carbamates (subject to hydrolysis) is 1. The van der Waals surface area contributed by atoms with Crippen LogP contribution in [0, 0.1) is 5.41 Å². The quantitative estimate of drug-likeness (QED) is 0.708. The van der Waals surface area contributed by atoms with E-state index in [1.807, 2.05) is 51.1 Å². The monoisotopic (exact) mass is 351 g/mol. The maximum Gasteiger partial charge on any atom is 0.407 e. The van der Waals surface area contributed by atoms with Crippen LogP contribution in [0.1, 0.15) is 53.0 Å². The molecule has 0 aliphatic carbocycles. The van der Waals surface area contributed by atoms with Gasteiger partial charge in [0.1, 0.15) is 5.60 Å². The minimum Gasteiger partial charge on any atom is -0.444 e. The average Bonchev–Trinajstić information content (AvgIpc) is 2.50. The Hall–Kier alpha value is -1.59. The lowest BCUT2D eigenvalue weighted by atomic mass is 9.83. The molecule has 1 atom stereocenters. The molecule has 142 valence electrons. The largest absolute Gasteiger partial charge is 0.444 e. The SMILES string of the molecule is CC(C)(CCNC(=O)OC(C)(C)C)CC(CO)OCc1ccccc1. The van der Waals surface area contributed by atoms with Crippen molar-refractivity contribution < 1.29 is 19.4 Å². The van der Waals surface area contributed by atoms with Gasteiger partial charge in [-0.15, -0.1) is 0 Å². The summed E-state index contributed by atoms with van der Waals surface area (Å²) in [5.41, 5.74) is 0.525. The van der Waals surface area contributed by atoms with Crippen LogP contribution >= 0.6 is 0 Å². The predicted octanol–water partition coefficient (Wildman–Crippen LogP) is 3.90. The Bertz CT molecular complexity index is 508. The van der Waals surface area contributed by atoms with E-state index in [2.05, 4.69) is 19.2 Å². The van der Waals surface area contributed by atoms with E-state index in [-0.39, 0.29) is 18.1 Å². The summed E-state index contributed by atoms with van der Waals surface area (Å²) in [6, 6.07) is 9.92. The molecule has 0 saturated heterocycles. The lowest BCUT2D eigenvalue weighted by Gasteiger charge is -2.29. The number of rotatable bonds is 9. The first-order valence-electron chi connectivity index (χ1n) is 8.84. The standard InChI is InChI=1S/C20H33NO4/c1-19(2,3)25-18(23)21-12-11-20(4,5)13-17(14-22)24-15-16-9-7-6-8-10-16/h6-10,17,22H,11-15H2,1-5H3,(H,21,23). The molecule has 0 aromatic heterocycles. The fourth-order valence-corrected chi connectivity index (χ4v) is 2.50. The van der Waals surface area contributed by atoms with E-state index in [1.165, 1.54) is 0 Å². The first kappa shape index (κ1) is 21.5. The number of carbonyl (C=O) groups is 1. The van der Waals surface area contributed by atoms with Gasteiger partial charge in [-0.3, -0.25) is 0 Å². The topological polar surface area (TPSA) is 67.8 Å². The summed E-state index contributed by atoms with van der Waals surface area (Å²) in [6.07, 6.45) is 0.864. The molecule has 0 heterocycles. The zero-order valence-corrected chi connectivity index (χ0v) is 16.2. The Balaban J connectivity index is 2.36. The van der Waals surface area contributed by atoms with Crippen LogP contribution in [0.25, 0.3) is 0 Å². The highest BCUT2D eigenvalue weighted by Crippen LogP contribution is 2.27. The zero-order chi connectivity index (χ0) is 18.9. The molecule has 0 radical (unpaired) electrons. The van der Waals surface area contributed by atoms with E-state index < -0.39 is 11.7 Å². The molecule has 1 amide bonds. The van der Waals surface area contributed by atoms with Crippen molar-refractivity contribution in [1.29, 1.82) is 0 Å². The van der Waals surface area contributed by atoms with Gasteiger partial charge in [0, 0.05) is 6.54 Å². The third-order valence-corrected chi connectivity index (χ3v) is 3.78. The number of hydrogen-bond acceptors (Lipinski definition) is 4. The van der Waals surface area contributed by atoms with Crippen molar-refractivity contribution in [2.24, 2.45) is 5.41 Å². The summed E-state index contributed by atoms with van der Waals surface area (Å²) in [6.45, 7) is 10.7. The second kappa shape index (κ2) is 9.78. The summed E-state index contributed by atoms with van der Waals surface area (Å²) >= 11 is 0. The van der Waals surface area contributed by atoms with Gasteiger partial charge in [0.05, 0.1) is 19.3 Å². The van der Waals surface area contributed by atoms with Crippen LogP contribution in [0.3, 0.4) is 0 Å². The average molecular weight is 351 g/mol. The van der Waals surface area contributed by atoms with Crippen molar-refractivity contribution in [3.8, 4) is 0 Å². The third kappa shape index (κ3) is 10.1. The summed E-state index contributed by atoms with van der Waals surface area (Å²) in [7, 11) is 0. The van der Waals surface area contributed by atoms with Crippen molar-refractivity contribution in [3.05, 3.63) is 35.9 Å². The third-order valence-electron chi connectivity index (χ3n) is 3.78. The second-order valence-electron chi connectivity index (χ2n) is 8.15. The first-order chi connectivity index (χ1) is 11.6. The smallest absolute Gasteiger partial charge is 0.407 e. The van der Waals surface area contributed by atoms with Crippen LogP contribution in [0.15, 0.2) is 30.3 Å². The van der Waals surface area contributed by atoms with Crippen molar-refractivity contribution in [2.75, 3.05) is 13.2 Å². The zero-order valence-electron chi connectivity index (χ0n) is 16.2. The molecule has 1 unspecified atom stereocenters. The highest BCUT2D eigenvalue weighted by Gasteiger charge is 2.24. The molecule has 0 spiro atoms. The Labute approximate surface area is 151 Å². The van der Waals surface area contributed by atoms with Crippen LogP contribution in [0.5, 0.6) is 0 Å². The summed E-state index contributed by atoms with van der Waals surface area (Å²) in [4.78, 5) is 11.7. The van der Waals surface area contributed by atoms with Gasteiger partial charge in [-0.2, -0.15) is 0 Å². The molecule has 25 heavy (non-hydrogen) atoms. The maximum atomic E-state index is 11.7. The Morgan fingerprint density at radius 1 is 1.16 bits per heavy atom. The molecular weight excluding hydrogens is 318 g/mol. The lowest BCUT2D eigenvalue weighted by molar-refractivity contribution is -0.0229. The number of nitrogens with one attached hydrogen (secondary N) is 1. The van der Waals surface area contributed by atoms with Crippen LogP contribution in [0.4, 0.5) is 4.79 Å². The maximum absolute atomic E-state index is 11.7. The number of aliphatic hydroxyl groups excluding tert-OH is 1. The van der Waals surface area contributed by atoms with Gasteiger partial charge in [-0.1, -0.05) is 44.2 Å². The first-order valence-corrected chi connectivity index (χ1v) is 8.84. The van der Waals surface area contributed by atoms with Crippen molar-refractivity contribution in [1.82, 2.24) is 5.32 Å². The number of aliphatic hydroxyl groups is 1. The van der Waals surface area contributed by atoms with Crippen LogP contribution in [-0.4, -0.2) is 36.1 Å². The van der Waals surface area contributed by atoms with Crippen LogP contribution in [-0.2, 0) is 16.1 Å². The van der Waals surface area contributed by atoms with Gasteiger partial charge in [0.25, 0.3) is 0 Å². The van der Waals surface area contributed by atoms with Crippen LogP contribution < -0.4 is 5.32 Å². The van der Waals surface area contributed by atoms with E-state index in [0.717, 1.165) is 12.0 Å². The minimum atomic E-state index is -0.493. The molecule has 0 bridgehead atoms. The van der Waals surface area contributed by atoms with Gasteiger partial charge in [-0.25, -0.2) is 4.79 Å². The molecule has 0 saturated carbocycles. The van der Waals surface area contributed by atoms with Gasteiger partial charge in [0.2, 0.25) is 0 Å². The number of hydrogen-bond donors (Lipinski definition) is 2. The highest BCUT2D eigenvalue weighted by atomic mass is 16.6. The van der Waals surface area contributed by atoms with E-state index in [1.54, 1.807) is 0 Å². The van der Waals surface area contributed by atoms with Gasteiger partial charge < -0.3 is 19.9 Å². The van der Waals surface area contributed by atoms with Gasteiger partial charge in [0.15, 0.2) is 0 Å². The Morgan fingerprint density at radius 2 is 1.80 bits per heavy atom.